The lowest BCUT2D eigenvalue weighted by Crippen LogP contribution is -2.41. The molecule has 1 unspecified atom stereocenters. The summed E-state index contributed by atoms with van der Waals surface area (Å²) in [5.41, 5.74) is -2.84. The van der Waals surface area contributed by atoms with Crippen molar-refractivity contribution in [3.63, 3.8) is 0 Å². The van der Waals surface area contributed by atoms with Gasteiger partial charge in [0.15, 0.2) is 5.78 Å². The minimum Gasteiger partial charge on any atom is -0.479 e. The van der Waals surface area contributed by atoms with Gasteiger partial charge in [-0.2, -0.15) is 0 Å². The molecule has 0 aromatic heterocycles. The fourth-order valence-electron chi connectivity index (χ4n) is 0.0971. The molecule has 0 saturated heterocycles. The molecule has 2 N–H and O–H groups in total. The summed E-state index contributed by atoms with van der Waals surface area (Å²) in [6, 6.07) is 0. The molecule has 52 valence electrons. The van der Waals surface area contributed by atoms with E-state index in [2.05, 4.69) is 0 Å². The van der Waals surface area contributed by atoms with Crippen molar-refractivity contribution in [2.75, 3.05) is 0 Å². The molecule has 0 aliphatic heterocycles. The van der Waals surface area contributed by atoms with Gasteiger partial charge in [-0.1, -0.05) is 0 Å². The Morgan fingerprint density at radius 3 is 2.22 bits per heavy atom. The second kappa shape index (κ2) is 2.14. The van der Waals surface area contributed by atoms with Crippen LogP contribution in [-0.2, 0) is 9.59 Å². The summed E-state index contributed by atoms with van der Waals surface area (Å²) in [5, 5.41) is 17.1. The molecule has 0 heterocycles. The highest BCUT2D eigenvalue weighted by Gasteiger charge is 2.35. The Bertz CT molecular complexity index is 217. The second-order valence-electron chi connectivity index (χ2n) is 1.71. The Balaban J connectivity index is 4.83. The molecule has 0 bridgehead atoms. The molecule has 0 amide bonds. The molecular formula is C5H8O4. The van der Waals surface area contributed by atoms with E-state index in [1.807, 2.05) is 0 Å². The van der Waals surface area contributed by atoms with Gasteiger partial charge in [-0.05, 0) is 13.8 Å². The van der Waals surface area contributed by atoms with Crippen LogP contribution in [0.3, 0.4) is 0 Å². The molecule has 0 aliphatic rings. The summed E-state index contributed by atoms with van der Waals surface area (Å²) >= 11 is 0. The number of hydrogen-bond acceptors (Lipinski definition) is 3. The average molecular weight is 136 g/mol. The van der Waals surface area contributed by atoms with E-state index in [4.69, 9.17) is 14.3 Å². The zero-order valence-electron chi connectivity index (χ0n) is 7.71. The number of carboxylic acid groups (broad SMARTS) is 1. The van der Waals surface area contributed by atoms with E-state index in [9.17, 15) is 9.59 Å². The number of aliphatic carboxylic acids is 1. The first-order valence-electron chi connectivity index (χ1n) is 3.61. The van der Waals surface area contributed by atoms with Crippen molar-refractivity contribution >= 4 is 11.8 Å². The number of rotatable bonds is 2. The van der Waals surface area contributed by atoms with Gasteiger partial charge in [0.25, 0.3) is 0 Å². The summed E-state index contributed by atoms with van der Waals surface area (Å²) in [7, 11) is 0. The zero-order valence-corrected chi connectivity index (χ0v) is 4.71. The van der Waals surface area contributed by atoms with Crippen LogP contribution in [0, 0.1) is 0 Å². The van der Waals surface area contributed by atoms with E-state index in [0.717, 1.165) is 0 Å². The standard InChI is InChI=1S/C5H8O4/c1-3(6)5(2,9)4(7)8/h9H,1-2H3,(H,7,8)/i1D3,2+1. The first kappa shape index (κ1) is 4.00. The van der Waals surface area contributed by atoms with Crippen molar-refractivity contribution in [2.45, 2.75) is 19.4 Å². The average Bonchev–Trinajstić information content (AvgIpc) is 1.83. The molecule has 9 heavy (non-hydrogen) atoms. The number of carbonyl (C=O) groups is 2. The van der Waals surface area contributed by atoms with E-state index in [1.54, 1.807) is 0 Å². The highest BCUT2D eigenvalue weighted by molar-refractivity contribution is 6.04. The number of carboxylic acids is 1. The molecule has 4 heteroatoms. The Kier molecular flexibility index (Phi) is 0.954. The molecule has 1 atom stereocenters. The van der Waals surface area contributed by atoms with Crippen LogP contribution in [0.1, 0.15) is 17.9 Å². The van der Waals surface area contributed by atoms with Crippen molar-refractivity contribution in [2.24, 2.45) is 0 Å². The number of carbonyl (C=O) groups excluding carboxylic acids is 1. The van der Waals surface area contributed by atoms with Crippen LogP contribution < -0.4 is 0 Å². The van der Waals surface area contributed by atoms with Gasteiger partial charge in [0.1, 0.15) is 0 Å². The number of aliphatic hydroxyl groups is 1. The first-order valence-corrected chi connectivity index (χ1v) is 2.11. The van der Waals surface area contributed by atoms with E-state index in [1.165, 1.54) is 0 Å². The Morgan fingerprint density at radius 1 is 1.67 bits per heavy atom. The molecule has 0 aromatic carbocycles. The fraction of sp³-hybridized carbons (Fsp3) is 0.600. The molecule has 0 aromatic rings. The summed E-state index contributed by atoms with van der Waals surface area (Å²) in [4.78, 5) is 20.9. The smallest absolute Gasteiger partial charge is 0.343 e. The lowest BCUT2D eigenvalue weighted by Gasteiger charge is -2.11. The molecular weight excluding hydrogens is 125 g/mol. The van der Waals surface area contributed by atoms with E-state index in [0.29, 0.717) is 6.92 Å². The van der Waals surface area contributed by atoms with Gasteiger partial charge in [0, 0.05) is 4.11 Å². The van der Waals surface area contributed by atoms with Gasteiger partial charge in [-0.3, -0.25) is 4.79 Å². The number of Topliss-reactive ketones (excluding diaryl/α,β-unsaturated/α-hetero) is 1. The maximum absolute atomic E-state index is 10.7. The third kappa shape index (κ3) is 1.50. The Labute approximate surface area is 56.3 Å². The van der Waals surface area contributed by atoms with Gasteiger partial charge in [-0.15, -0.1) is 0 Å². The van der Waals surface area contributed by atoms with Gasteiger partial charge < -0.3 is 10.2 Å². The highest BCUT2D eigenvalue weighted by atomic mass is 16.4. The first-order chi connectivity index (χ1) is 5.10. The van der Waals surface area contributed by atoms with Crippen LogP contribution in [0.2, 0.25) is 0 Å². The Morgan fingerprint density at radius 2 is 2.11 bits per heavy atom. The topological polar surface area (TPSA) is 74.6 Å². The number of ketones is 1. The van der Waals surface area contributed by atoms with Crippen molar-refractivity contribution in [1.82, 2.24) is 0 Å². The van der Waals surface area contributed by atoms with E-state index < -0.39 is 24.2 Å². The van der Waals surface area contributed by atoms with Crippen LogP contribution in [0.5, 0.6) is 0 Å². The van der Waals surface area contributed by atoms with E-state index >= 15 is 0 Å². The fourth-order valence-corrected chi connectivity index (χ4v) is 0.0971. The van der Waals surface area contributed by atoms with Crippen LogP contribution in [0.25, 0.3) is 0 Å². The predicted molar refractivity (Wildman–Crippen MR) is 28.9 cm³/mol. The molecule has 0 spiro atoms. The second-order valence-corrected chi connectivity index (χ2v) is 1.71. The minimum absolute atomic E-state index is 0.629. The van der Waals surface area contributed by atoms with Crippen molar-refractivity contribution in [3.05, 3.63) is 0 Å². The van der Waals surface area contributed by atoms with Crippen molar-refractivity contribution in [1.29, 1.82) is 0 Å². The van der Waals surface area contributed by atoms with Crippen LogP contribution in [0.4, 0.5) is 0 Å². The predicted octanol–water partition coefficient (Wildman–Crippen LogP) is -0.589. The minimum atomic E-state index is -3.10. The zero-order chi connectivity index (χ0) is 10.2. The van der Waals surface area contributed by atoms with Crippen LogP contribution in [-0.4, -0.2) is 27.6 Å². The maximum Gasteiger partial charge on any atom is 0.343 e. The molecule has 0 aliphatic carbocycles. The third-order valence-corrected chi connectivity index (χ3v) is 0.859. The normalized spacial score (nSPS) is 22.7. The lowest BCUT2D eigenvalue weighted by atomic mass is 10.1. The monoisotopic (exact) mass is 136 g/mol. The summed E-state index contributed by atoms with van der Waals surface area (Å²) in [6.45, 7) is -2.47. The van der Waals surface area contributed by atoms with Gasteiger partial charge in [-0.25, -0.2) is 4.79 Å². The van der Waals surface area contributed by atoms with Crippen molar-refractivity contribution < 1.29 is 23.9 Å². The van der Waals surface area contributed by atoms with Gasteiger partial charge in [0.05, 0.1) is 0 Å². The summed E-state index contributed by atoms with van der Waals surface area (Å²) < 4.78 is 19.6. The molecule has 0 radical (unpaired) electrons. The molecule has 0 rings (SSSR count). The molecule has 0 fully saturated rings. The SMILES string of the molecule is [2H]C([2H])([2H])C(=O)C([13CH3])(O)C(=O)O. The highest BCUT2D eigenvalue weighted by Crippen LogP contribution is 2.03. The van der Waals surface area contributed by atoms with Crippen LogP contribution in [0.15, 0.2) is 0 Å². The van der Waals surface area contributed by atoms with Crippen molar-refractivity contribution in [3.8, 4) is 0 Å². The molecule has 0 saturated carbocycles. The summed E-state index contributed by atoms with van der Waals surface area (Å²) in [5.74, 6) is -3.56. The maximum atomic E-state index is 10.7. The number of hydrogen-bond donors (Lipinski definition) is 2. The van der Waals surface area contributed by atoms with Gasteiger partial charge in [0.2, 0.25) is 5.60 Å². The largest absolute Gasteiger partial charge is 0.479 e. The third-order valence-electron chi connectivity index (χ3n) is 0.859. The van der Waals surface area contributed by atoms with Gasteiger partial charge >= 0.3 is 5.97 Å². The van der Waals surface area contributed by atoms with Crippen LogP contribution >= 0.6 is 0 Å². The Hall–Kier alpha value is -0.900. The van der Waals surface area contributed by atoms with E-state index in [-0.39, 0.29) is 0 Å². The quantitative estimate of drug-likeness (QED) is 0.393. The molecule has 4 nitrogen and oxygen atoms in total. The lowest BCUT2D eigenvalue weighted by molar-refractivity contribution is -0.162. The summed E-state index contributed by atoms with van der Waals surface area (Å²) in [6.07, 6.45) is 0.